The van der Waals surface area contributed by atoms with E-state index >= 15 is 0 Å². The number of aliphatic hydroxyl groups excluding tert-OH is 1. The maximum atomic E-state index is 14.2. The predicted molar refractivity (Wildman–Crippen MR) is 78.6 cm³/mol. The summed E-state index contributed by atoms with van der Waals surface area (Å²) in [6.45, 7) is 0. The number of benzene rings is 1. The molecule has 1 aliphatic rings. The Morgan fingerprint density at radius 3 is 2.90 bits per heavy atom. The molecule has 0 spiro atoms. The van der Waals surface area contributed by atoms with Crippen LogP contribution < -0.4 is 0 Å². The number of alkyl halides is 1. The van der Waals surface area contributed by atoms with Gasteiger partial charge in [0.2, 0.25) is 0 Å². The Hall–Kier alpha value is -1.26. The van der Waals surface area contributed by atoms with E-state index in [1.807, 2.05) is 30.3 Å². The highest BCUT2D eigenvalue weighted by atomic mass is 32.1. The highest BCUT2D eigenvalue weighted by Crippen LogP contribution is 2.35. The number of carbonyl (C=O) groups is 1. The molecule has 4 heteroatoms. The Bertz CT molecular complexity index is 589. The largest absolute Gasteiger partial charge is 0.385 e. The predicted octanol–water partition coefficient (Wildman–Crippen LogP) is 4.03. The first-order valence-electron chi connectivity index (χ1n) is 6.98. The van der Waals surface area contributed by atoms with Crippen molar-refractivity contribution in [1.82, 2.24) is 0 Å². The van der Waals surface area contributed by atoms with Gasteiger partial charge < -0.3 is 5.11 Å². The molecule has 106 valence electrons. The number of carbonyl (C=O) groups excluding carboxylic acids is 1. The summed E-state index contributed by atoms with van der Waals surface area (Å²) in [6.07, 6.45) is -0.158. The van der Waals surface area contributed by atoms with Gasteiger partial charge in [0.1, 0.15) is 18.1 Å². The van der Waals surface area contributed by atoms with Crippen LogP contribution in [0.25, 0.3) is 10.1 Å². The average Bonchev–Trinajstić information content (AvgIpc) is 3.04. The maximum absolute atomic E-state index is 14.2. The fourth-order valence-electron chi connectivity index (χ4n) is 2.86. The highest BCUT2D eigenvalue weighted by Gasteiger charge is 2.31. The van der Waals surface area contributed by atoms with Crippen molar-refractivity contribution in [2.24, 2.45) is 5.92 Å². The van der Waals surface area contributed by atoms with Gasteiger partial charge in [-0.1, -0.05) is 18.2 Å². The van der Waals surface area contributed by atoms with Crippen LogP contribution in [0, 0.1) is 5.92 Å². The van der Waals surface area contributed by atoms with E-state index in [0.717, 1.165) is 22.9 Å². The second kappa shape index (κ2) is 5.62. The molecule has 1 aliphatic carbocycles. The van der Waals surface area contributed by atoms with Crippen molar-refractivity contribution in [3.63, 3.8) is 0 Å². The van der Waals surface area contributed by atoms with E-state index in [-0.39, 0.29) is 18.1 Å². The van der Waals surface area contributed by atoms with Crippen LogP contribution >= 0.6 is 11.3 Å². The van der Waals surface area contributed by atoms with Gasteiger partial charge in [0.15, 0.2) is 0 Å². The van der Waals surface area contributed by atoms with E-state index in [0.29, 0.717) is 11.3 Å². The summed E-state index contributed by atoms with van der Waals surface area (Å²) in [5.74, 6) is -0.0507. The first-order chi connectivity index (χ1) is 9.65. The topological polar surface area (TPSA) is 37.3 Å². The zero-order valence-electron chi connectivity index (χ0n) is 11.1. The lowest BCUT2D eigenvalue weighted by molar-refractivity contribution is -0.121. The number of fused-ring (bicyclic) bond motifs is 1. The third kappa shape index (κ3) is 2.63. The maximum Gasteiger partial charge on any atom is 0.136 e. The minimum atomic E-state index is -1.37. The summed E-state index contributed by atoms with van der Waals surface area (Å²) >= 11 is 1.42. The van der Waals surface area contributed by atoms with Gasteiger partial charge in [0.05, 0.1) is 0 Å². The lowest BCUT2D eigenvalue weighted by Crippen LogP contribution is -2.19. The summed E-state index contributed by atoms with van der Waals surface area (Å²) in [6, 6.07) is 9.61. The van der Waals surface area contributed by atoms with Gasteiger partial charge in [-0.25, -0.2) is 4.39 Å². The zero-order valence-corrected chi connectivity index (χ0v) is 11.9. The molecule has 1 saturated carbocycles. The fraction of sp³-hybridized carbons (Fsp3) is 0.438. The Kier molecular flexibility index (Phi) is 3.85. The van der Waals surface area contributed by atoms with Crippen LogP contribution in [0.1, 0.15) is 36.7 Å². The van der Waals surface area contributed by atoms with Gasteiger partial charge in [-0.2, -0.15) is 0 Å². The smallest absolute Gasteiger partial charge is 0.136 e. The molecule has 2 nitrogen and oxygen atoms in total. The zero-order chi connectivity index (χ0) is 14.1. The summed E-state index contributed by atoms with van der Waals surface area (Å²) in [5.41, 5.74) is 0. The van der Waals surface area contributed by atoms with Gasteiger partial charge in [-0.3, -0.25) is 4.79 Å². The molecule has 0 saturated heterocycles. The SMILES string of the molecule is O=C1CCCC1CC(F)C(O)c1cc2ccccc2s1. The van der Waals surface area contributed by atoms with E-state index < -0.39 is 12.3 Å². The van der Waals surface area contributed by atoms with Crippen LogP contribution in [0.4, 0.5) is 4.39 Å². The molecule has 0 aliphatic heterocycles. The van der Waals surface area contributed by atoms with Crippen molar-refractivity contribution in [3.8, 4) is 0 Å². The van der Waals surface area contributed by atoms with Crippen LogP contribution in [0.5, 0.6) is 0 Å². The second-order valence-corrected chi connectivity index (χ2v) is 6.55. The average molecular weight is 292 g/mol. The van der Waals surface area contributed by atoms with Crippen molar-refractivity contribution in [2.45, 2.75) is 38.0 Å². The van der Waals surface area contributed by atoms with Crippen molar-refractivity contribution in [3.05, 3.63) is 35.2 Å². The van der Waals surface area contributed by atoms with Gasteiger partial charge in [0.25, 0.3) is 0 Å². The van der Waals surface area contributed by atoms with Crippen LogP contribution in [0.15, 0.2) is 30.3 Å². The summed E-state index contributed by atoms with van der Waals surface area (Å²) in [7, 11) is 0. The lowest BCUT2D eigenvalue weighted by Gasteiger charge is -2.17. The van der Waals surface area contributed by atoms with Gasteiger partial charge in [-0.05, 0) is 36.8 Å². The Balaban J connectivity index is 1.73. The van der Waals surface area contributed by atoms with Crippen LogP contribution in [0.2, 0.25) is 0 Å². The molecular formula is C16H17FO2S. The Morgan fingerprint density at radius 2 is 2.20 bits per heavy atom. The summed E-state index contributed by atoms with van der Waals surface area (Å²) in [4.78, 5) is 12.2. The van der Waals surface area contributed by atoms with Crippen molar-refractivity contribution in [1.29, 1.82) is 0 Å². The van der Waals surface area contributed by atoms with E-state index in [2.05, 4.69) is 0 Å². The van der Waals surface area contributed by atoms with Gasteiger partial charge >= 0.3 is 0 Å². The normalized spacial score (nSPS) is 22.3. The molecule has 3 atom stereocenters. The van der Waals surface area contributed by atoms with Gasteiger partial charge in [0, 0.05) is 21.9 Å². The minimum absolute atomic E-state index is 0.147. The molecule has 1 N–H and O–H groups in total. The first-order valence-corrected chi connectivity index (χ1v) is 7.80. The molecule has 1 fully saturated rings. The molecule has 2 aromatic rings. The monoisotopic (exact) mass is 292 g/mol. The number of hydrogen-bond donors (Lipinski definition) is 1. The molecule has 20 heavy (non-hydrogen) atoms. The summed E-state index contributed by atoms with van der Waals surface area (Å²) in [5, 5.41) is 11.2. The molecule has 3 unspecified atom stereocenters. The van der Waals surface area contributed by atoms with E-state index in [9.17, 15) is 14.3 Å². The number of thiophene rings is 1. The van der Waals surface area contributed by atoms with Crippen LogP contribution in [0.3, 0.4) is 0 Å². The first kappa shape index (κ1) is 13.7. The van der Waals surface area contributed by atoms with E-state index in [1.165, 1.54) is 11.3 Å². The highest BCUT2D eigenvalue weighted by molar-refractivity contribution is 7.19. The van der Waals surface area contributed by atoms with Gasteiger partial charge in [-0.15, -0.1) is 11.3 Å². The molecule has 0 radical (unpaired) electrons. The molecule has 3 rings (SSSR count). The number of aliphatic hydroxyl groups is 1. The third-order valence-electron chi connectivity index (χ3n) is 4.02. The Morgan fingerprint density at radius 1 is 1.40 bits per heavy atom. The van der Waals surface area contributed by atoms with E-state index in [1.54, 1.807) is 0 Å². The van der Waals surface area contributed by atoms with Crippen molar-refractivity contribution in [2.75, 3.05) is 0 Å². The molecule has 0 amide bonds. The molecular weight excluding hydrogens is 275 g/mol. The molecule has 1 aromatic carbocycles. The number of ketones is 1. The van der Waals surface area contributed by atoms with Crippen molar-refractivity contribution < 1.29 is 14.3 Å². The standard InChI is InChI=1S/C16H17FO2S/c17-12(8-10-5-3-6-13(10)18)16(19)15-9-11-4-1-2-7-14(11)20-15/h1-2,4,7,9-10,12,16,19H,3,5-6,8H2. The minimum Gasteiger partial charge on any atom is -0.385 e. The van der Waals surface area contributed by atoms with Crippen LogP contribution in [-0.2, 0) is 4.79 Å². The number of rotatable bonds is 4. The summed E-state index contributed by atoms with van der Waals surface area (Å²) < 4.78 is 15.3. The molecule has 1 heterocycles. The second-order valence-electron chi connectivity index (χ2n) is 5.44. The Labute approximate surface area is 121 Å². The number of Topliss-reactive ketones (excluding diaryl/α,β-unsaturated/α-hetero) is 1. The molecule has 0 bridgehead atoms. The molecule has 1 aromatic heterocycles. The van der Waals surface area contributed by atoms with Crippen LogP contribution in [-0.4, -0.2) is 17.1 Å². The number of hydrogen-bond acceptors (Lipinski definition) is 3. The number of halogens is 1. The quantitative estimate of drug-likeness (QED) is 0.923. The third-order valence-corrected chi connectivity index (χ3v) is 5.21. The lowest BCUT2D eigenvalue weighted by atomic mass is 9.96. The van der Waals surface area contributed by atoms with Crippen molar-refractivity contribution >= 4 is 27.2 Å². The van der Waals surface area contributed by atoms with E-state index in [4.69, 9.17) is 0 Å². The fourth-order valence-corrected chi connectivity index (χ4v) is 3.96.